The van der Waals surface area contributed by atoms with Crippen LogP contribution in [0, 0.1) is 42.1 Å². The Kier molecular flexibility index (Phi) is 2.47. The quantitative estimate of drug-likeness (QED) is 0.709. The summed E-state index contributed by atoms with van der Waals surface area (Å²) in [5, 5.41) is 2.32. The Morgan fingerprint density at radius 1 is 1.18 bits per heavy atom. The highest BCUT2D eigenvalue weighted by molar-refractivity contribution is 5.13. The van der Waals surface area contributed by atoms with Gasteiger partial charge in [-0.05, 0) is 55.8 Å². The molecule has 3 rings (SSSR count). The molecule has 1 heteroatoms. The zero-order valence-electron chi connectivity index (χ0n) is 12.0. The number of nitrogens with two attached hydrogens (primary N) is 1. The van der Waals surface area contributed by atoms with Gasteiger partial charge < -0.3 is 5.32 Å². The van der Waals surface area contributed by atoms with Crippen LogP contribution in [0.5, 0.6) is 0 Å². The molecule has 1 nitrogen and oxygen atoms in total. The molecule has 0 aliphatic heterocycles. The molecule has 6 atom stereocenters. The molecule has 0 amide bonds. The summed E-state index contributed by atoms with van der Waals surface area (Å²) in [7, 11) is 4.19. The van der Waals surface area contributed by atoms with Gasteiger partial charge in [-0.2, -0.15) is 7.05 Å². The van der Waals surface area contributed by atoms with Gasteiger partial charge in [-0.1, -0.05) is 20.8 Å². The first-order valence-corrected chi connectivity index (χ1v) is 7.54. The molecule has 0 heterocycles. The van der Waals surface area contributed by atoms with Crippen molar-refractivity contribution in [3.8, 4) is 0 Å². The Hall–Kier alpha value is -0.0400. The minimum atomic E-state index is 0.438. The van der Waals surface area contributed by atoms with Crippen LogP contribution in [0.25, 0.3) is 0 Å². The third-order valence-corrected chi connectivity index (χ3v) is 6.91. The van der Waals surface area contributed by atoms with E-state index >= 15 is 0 Å². The SMILES string of the molecule is [CH2-][NH2+]C1(C)C2CC3CC(C)(C2)C1C[C@H]3C(C)C. The molecule has 5 unspecified atom stereocenters. The van der Waals surface area contributed by atoms with E-state index in [0.717, 1.165) is 29.6 Å². The summed E-state index contributed by atoms with van der Waals surface area (Å²) in [6, 6.07) is 0. The van der Waals surface area contributed by atoms with E-state index in [9.17, 15) is 0 Å². The van der Waals surface area contributed by atoms with E-state index in [1.54, 1.807) is 0 Å². The fourth-order valence-corrected chi connectivity index (χ4v) is 6.03. The average molecular weight is 235 g/mol. The number of hydrogen-bond donors (Lipinski definition) is 1. The maximum atomic E-state index is 4.19. The summed E-state index contributed by atoms with van der Waals surface area (Å²) >= 11 is 0. The summed E-state index contributed by atoms with van der Waals surface area (Å²) in [5.74, 6) is 4.70. The Balaban J connectivity index is 1.99. The lowest BCUT2D eigenvalue weighted by Crippen LogP contribution is -2.93. The molecule has 3 saturated carbocycles. The molecule has 2 N–H and O–H groups in total. The van der Waals surface area contributed by atoms with Gasteiger partial charge in [0.05, 0.1) is 5.54 Å². The zero-order valence-corrected chi connectivity index (χ0v) is 12.0. The summed E-state index contributed by atoms with van der Waals surface area (Å²) in [6.07, 6.45) is 5.93. The van der Waals surface area contributed by atoms with Gasteiger partial charge in [-0.25, -0.2) is 0 Å². The third kappa shape index (κ3) is 1.41. The van der Waals surface area contributed by atoms with Crippen molar-refractivity contribution >= 4 is 0 Å². The fourth-order valence-electron chi connectivity index (χ4n) is 6.03. The molecular weight excluding hydrogens is 206 g/mol. The molecule has 0 aromatic rings. The molecular formula is C16H29N. The lowest BCUT2D eigenvalue weighted by Gasteiger charge is -2.48. The predicted molar refractivity (Wildman–Crippen MR) is 71.1 cm³/mol. The van der Waals surface area contributed by atoms with Crippen molar-refractivity contribution in [1.82, 2.24) is 0 Å². The van der Waals surface area contributed by atoms with Crippen molar-refractivity contribution in [2.24, 2.45) is 35.0 Å². The van der Waals surface area contributed by atoms with Crippen LogP contribution in [0.1, 0.15) is 53.4 Å². The molecule has 0 aromatic carbocycles. The number of rotatable bonds is 2. The van der Waals surface area contributed by atoms with Crippen molar-refractivity contribution in [3.63, 3.8) is 0 Å². The Morgan fingerprint density at radius 2 is 1.88 bits per heavy atom. The van der Waals surface area contributed by atoms with Crippen LogP contribution in [0.3, 0.4) is 0 Å². The lowest BCUT2D eigenvalue weighted by atomic mass is 9.56. The van der Waals surface area contributed by atoms with Gasteiger partial charge in [0, 0.05) is 11.8 Å². The van der Waals surface area contributed by atoms with Gasteiger partial charge >= 0.3 is 0 Å². The largest absolute Gasteiger partial charge is 0.474 e. The fraction of sp³-hybridized carbons (Fsp3) is 0.938. The molecule has 0 spiro atoms. The lowest BCUT2D eigenvalue weighted by molar-refractivity contribution is -0.687. The molecule has 0 aromatic heterocycles. The molecule has 0 radical (unpaired) electrons. The Labute approximate surface area is 107 Å². The monoisotopic (exact) mass is 235 g/mol. The van der Waals surface area contributed by atoms with Crippen LogP contribution in [0.15, 0.2) is 0 Å². The van der Waals surface area contributed by atoms with Crippen molar-refractivity contribution < 1.29 is 5.32 Å². The minimum absolute atomic E-state index is 0.438. The highest BCUT2D eigenvalue weighted by Gasteiger charge is 2.65. The van der Waals surface area contributed by atoms with E-state index in [1.165, 1.54) is 25.7 Å². The molecule has 17 heavy (non-hydrogen) atoms. The molecule has 98 valence electrons. The van der Waals surface area contributed by atoms with E-state index in [2.05, 4.69) is 40.1 Å². The van der Waals surface area contributed by atoms with Gasteiger partial charge in [0.1, 0.15) is 0 Å². The van der Waals surface area contributed by atoms with Gasteiger partial charge in [-0.15, -0.1) is 0 Å². The first kappa shape index (κ1) is 12.0. The van der Waals surface area contributed by atoms with Gasteiger partial charge in [0.2, 0.25) is 0 Å². The highest BCUT2D eigenvalue weighted by atomic mass is 15.0. The topological polar surface area (TPSA) is 16.6 Å². The van der Waals surface area contributed by atoms with E-state index in [-0.39, 0.29) is 0 Å². The maximum absolute atomic E-state index is 4.19. The van der Waals surface area contributed by atoms with E-state index < -0.39 is 0 Å². The predicted octanol–water partition coefficient (Wildman–Crippen LogP) is 2.83. The Morgan fingerprint density at radius 3 is 2.47 bits per heavy atom. The molecule has 3 aliphatic carbocycles. The van der Waals surface area contributed by atoms with Crippen LogP contribution < -0.4 is 5.32 Å². The number of quaternary nitrogens is 1. The second-order valence-corrected chi connectivity index (χ2v) is 8.02. The zero-order chi connectivity index (χ0) is 12.4. The summed E-state index contributed by atoms with van der Waals surface area (Å²) < 4.78 is 0. The van der Waals surface area contributed by atoms with Crippen LogP contribution >= 0.6 is 0 Å². The van der Waals surface area contributed by atoms with Crippen molar-refractivity contribution in [2.45, 2.75) is 58.9 Å². The van der Waals surface area contributed by atoms with Crippen LogP contribution in [0.2, 0.25) is 0 Å². The van der Waals surface area contributed by atoms with Crippen molar-refractivity contribution in [2.75, 3.05) is 0 Å². The Bertz CT molecular complexity index is 323. The first-order chi connectivity index (χ1) is 7.90. The van der Waals surface area contributed by atoms with E-state index in [0.29, 0.717) is 11.0 Å². The van der Waals surface area contributed by atoms with Crippen molar-refractivity contribution in [3.05, 3.63) is 7.05 Å². The second-order valence-electron chi connectivity index (χ2n) is 8.02. The summed E-state index contributed by atoms with van der Waals surface area (Å²) in [5.41, 5.74) is 1.08. The smallest absolute Gasteiger partial charge is 0.0757 e. The van der Waals surface area contributed by atoms with Crippen LogP contribution in [0.4, 0.5) is 0 Å². The van der Waals surface area contributed by atoms with E-state index in [1.807, 2.05) is 0 Å². The highest BCUT2D eigenvalue weighted by Crippen LogP contribution is 2.67. The van der Waals surface area contributed by atoms with Crippen LogP contribution in [-0.2, 0) is 0 Å². The molecule has 3 aliphatic rings. The maximum Gasteiger partial charge on any atom is 0.0757 e. The van der Waals surface area contributed by atoms with Gasteiger partial charge in [0.15, 0.2) is 0 Å². The summed E-state index contributed by atoms with van der Waals surface area (Å²) in [6.45, 7) is 9.95. The summed E-state index contributed by atoms with van der Waals surface area (Å²) in [4.78, 5) is 0. The van der Waals surface area contributed by atoms with Crippen molar-refractivity contribution in [1.29, 1.82) is 0 Å². The normalized spacial score (nSPS) is 56.8. The number of fused-ring (bicyclic) bond motifs is 2. The molecule has 0 saturated heterocycles. The second kappa shape index (κ2) is 3.50. The third-order valence-electron chi connectivity index (χ3n) is 6.91. The number of hydrogen-bond acceptors (Lipinski definition) is 0. The molecule has 3 fully saturated rings. The standard InChI is InChI=1S/C16H29N/c1-10(2)13-7-14-15(3)8-11(13)6-12(9-15)16(14,4)17-5/h10-14H,5-9,17H2,1-4H3/t11?,12?,13-,14?,15?,16?/m0/s1. The van der Waals surface area contributed by atoms with Gasteiger partial charge in [-0.3, -0.25) is 0 Å². The van der Waals surface area contributed by atoms with E-state index in [4.69, 9.17) is 0 Å². The van der Waals surface area contributed by atoms with Crippen LogP contribution in [-0.4, -0.2) is 5.54 Å². The minimum Gasteiger partial charge on any atom is -0.474 e. The molecule has 3 bridgehead atoms. The van der Waals surface area contributed by atoms with Gasteiger partial charge in [0.25, 0.3) is 0 Å². The first-order valence-electron chi connectivity index (χ1n) is 7.54. The average Bonchev–Trinajstić information content (AvgIpc) is 2.35.